The van der Waals surface area contributed by atoms with E-state index < -0.39 is 4.92 Å². The molecule has 0 atom stereocenters. The van der Waals surface area contributed by atoms with E-state index in [1.54, 1.807) is 18.2 Å². The number of aromatic nitrogens is 2. The standard InChI is InChI=1S/C21H14ClN5O2/c22-18-10-3-1-8-16(18)20-24-19-11-4-2-9-17(19)21(25-20)26-23-13-14-6-5-7-15(12-14)27(28)29/h1-13H,(H,24,25,26). The molecule has 1 N–H and O–H groups in total. The molecule has 1 heterocycles. The number of anilines is 1. The van der Waals surface area contributed by atoms with Crippen LogP contribution in [0.2, 0.25) is 5.02 Å². The number of nitro benzene ring substituents is 1. The monoisotopic (exact) mass is 403 g/mol. The molecule has 0 saturated carbocycles. The lowest BCUT2D eigenvalue weighted by molar-refractivity contribution is -0.384. The average molecular weight is 404 g/mol. The van der Waals surface area contributed by atoms with Crippen molar-refractivity contribution in [1.29, 1.82) is 0 Å². The highest BCUT2D eigenvalue weighted by molar-refractivity contribution is 6.33. The molecule has 0 aliphatic heterocycles. The average Bonchev–Trinajstić information content (AvgIpc) is 2.74. The maximum atomic E-state index is 10.9. The first-order chi connectivity index (χ1) is 14.1. The molecule has 4 aromatic rings. The lowest BCUT2D eigenvalue weighted by atomic mass is 10.2. The third-order valence-electron chi connectivity index (χ3n) is 4.18. The zero-order chi connectivity index (χ0) is 20.2. The minimum absolute atomic E-state index is 0.00226. The van der Waals surface area contributed by atoms with E-state index in [1.807, 2.05) is 42.5 Å². The van der Waals surface area contributed by atoms with Crippen LogP contribution in [-0.4, -0.2) is 21.1 Å². The van der Waals surface area contributed by atoms with Gasteiger partial charge < -0.3 is 0 Å². The predicted molar refractivity (Wildman–Crippen MR) is 114 cm³/mol. The van der Waals surface area contributed by atoms with Gasteiger partial charge in [0.25, 0.3) is 5.69 Å². The number of nitro groups is 1. The zero-order valence-corrected chi connectivity index (χ0v) is 15.7. The lowest BCUT2D eigenvalue weighted by Gasteiger charge is -2.09. The quantitative estimate of drug-likeness (QED) is 0.277. The van der Waals surface area contributed by atoms with Gasteiger partial charge in [-0.15, -0.1) is 0 Å². The summed E-state index contributed by atoms with van der Waals surface area (Å²) in [5, 5.41) is 16.5. The van der Waals surface area contributed by atoms with Gasteiger partial charge in [0, 0.05) is 28.6 Å². The van der Waals surface area contributed by atoms with E-state index >= 15 is 0 Å². The smallest absolute Gasteiger partial charge is 0.261 e. The van der Waals surface area contributed by atoms with E-state index in [9.17, 15) is 10.1 Å². The number of rotatable bonds is 5. The molecule has 8 heteroatoms. The first kappa shape index (κ1) is 18.5. The summed E-state index contributed by atoms with van der Waals surface area (Å²) in [5.74, 6) is 0.981. The highest BCUT2D eigenvalue weighted by Gasteiger charge is 2.11. The molecule has 0 amide bonds. The van der Waals surface area contributed by atoms with Crippen molar-refractivity contribution in [3.63, 3.8) is 0 Å². The van der Waals surface area contributed by atoms with E-state index in [0.29, 0.717) is 27.8 Å². The van der Waals surface area contributed by atoms with Gasteiger partial charge >= 0.3 is 0 Å². The molecule has 3 aromatic carbocycles. The molecule has 0 aliphatic carbocycles. The molecular formula is C21H14ClN5O2. The van der Waals surface area contributed by atoms with Crippen LogP contribution < -0.4 is 5.43 Å². The van der Waals surface area contributed by atoms with Gasteiger partial charge in [-0.3, -0.25) is 15.5 Å². The van der Waals surface area contributed by atoms with Gasteiger partial charge in [-0.2, -0.15) is 5.10 Å². The maximum Gasteiger partial charge on any atom is 0.270 e. The highest BCUT2D eigenvalue weighted by Crippen LogP contribution is 2.29. The van der Waals surface area contributed by atoms with Crippen LogP contribution in [0.3, 0.4) is 0 Å². The minimum atomic E-state index is -0.446. The summed E-state index contributed by atoms with van der Waals surface area (Å²) >= 11 is 6.30. The molecular weight excluding hydrogens is 390 g/mol. The Morgan fingerprint density at radius 2 is 1.79 bits per heavy atom. The maximum absolute atomic E-state index is 10.9. The molecule has 0 spiro atoms. The molecule has 29 heavy (non-hydrogen) atoms. The van der Waals surface area contributed by atoms with Crippen LogP contribution in [0.15, 0.2) is 77.9 Å². The van der Waals surface area contributed by atoms with Gasteiger partial charge in [0.05, 0.1) is 21.7 Å². The molecule has 0 radical (unpaired) electrons. The van der Waals surface area contributed by atoms with Crippen LogP contribution in [0, 0.1) is 10.1 Å². The van der Waals surface area contributed by atoms with Gasteiger partial charge in [0.1, 0.15) is 0 Å². The van der Waals surface area contributed by atoms with Crippen LogP contribution in [-0.2, 0) is 0 Å². The first-order valence-corrected chi connectivity index (χ1v) is 9.05. The molecule has 0 fully saturated rings. The van der Waals surface area contributed by atoms with Gasteiger partial charge in [-0.25, -0.2) is 9.97 Å². The van der Waals surface area contributed by atoms with Crippen LogP contribution in [0.4, 0.5) is 11.5 Å². The fraction of sp³-hybridized carbons (Fsp3) is 0. The van der Waals surface area contributed by atoms with E-state index in [4.69, 9.17) is 11.6 Å². The minimum Gasteiger partial charge on any atom is -0.261 e. The first-order valence-electron chi connectivity index (χ1n) is 8.67. The van der Waals surface area contributed by atoms with Crippen molar-refractivity contribution in [2.24, 2.45) is 5.10 Å². The fourth-order valence-electron chi connectivity index (χ4n) is 2.81. The Balaban J connectivity index is 1.70. The Hall–Kier alpha value is -3.84. The summed E-state index contributed by atoms with van der Waals surface area (Å²) in [5.41, 5.74) is 4.97. The van der Waals surface area contributed by atoms with Crippen LogP contribution in [0.5, 0.6) is 0 Å². The number of nitrogens with zero attached hydrogens (tertiary/aromatic N) is 4. The summed E-state index contributed by atoms with van der Waals surface area (Å²) in [6, 6.07) is 21.1. The summed E-state index contributed by atoms with van der Waals surface area (Å²) < 4.78 is 0. The number of hydrogen-bond acceptors (Lipinski definition) is 6. The Bertz CT molecular complexity index is 1240. The van der Waals surface area contributed by atoms with Crippen molar-refractivity contribution in [3.8, 4) is 11.4 Å². The number of hydrazone groups is 1. The van der Waals surface area contributed by atoms with Crippen molar-refractivity contribution < 1.29 is 4.92 Å². The van der Waals surface area contributed by atoms with Gasteiger partial charge in [-0.05, 0) is 24.3 Å². The molecule has 0 unspecified atom stereocenters. The van der Waals surface area contributed by atoms with Crippen LogP contribution in [0.25, 0.3) is 22.3 Å². The summed E-state index contributed by atoms with van der Waals surface area (Å²) in [4.78, 5) is 19.6. The SMILES string of the molecule is O=[N+]([O-])c1cccc(C=NNc2nc(-c3ccccc3Cl)nc3ccccc23)c1. The Morgan fingerprint density at radius 1 is 1.00 bits per heavy atom. The fourth-order valence-corrected chi connectivity index (χ4v) is 3.03. The summed E-state index contributed by atoms with van der Waals surface area (Å²) in [6.45, 7) is 0. The summed E-state index contributed by atoms with van der Waals surface area (Å²) in [7, 11) is 0. The Labute approximate surface area is 170 Å². The van der Waals surface area contributed by atoms with Crippen LogP contribution in [0.1, 0.15) is 5.56 Å². The summed E-state index contributed by atoms with van der Waals surface area (Å²) in [6.07, 6.45) is 1.50. The van der Waals surface area contributed by atoms with Crippen LogP contribution >= 0.6 is 11.6 Å². The topological polar surface area (TPSA) is 93.3 Å². The third-order valence-corrected chi connectivity index (χ3v) is 4.51. The molecule has 1 aromatic heterocycles. The molecule has 0 bridgehead atoms. The number of para-hydroxylation sites is 1. The van der Waals surface area contributed by atoms with Gasteiger partial charge in [0.15, 0.2) is 11.6 Å². The number of benzene rings is 3. The van der Waals surface area contributed by atoms with E-state index in [-0.39, 0.29) is 5.69 Å². The number of nitrogens with one attached hydrogen (secondary N) is 1. The molecule has 0 saturated heterocycles. The second-order valence-corrected chi connectivity index (χ2v) is 6.52. The van der Waals surface area contributed by atoms with E-state index in [1.165, 1.54) is 18.3 Å². The van der Waals surface area contributed by atoms with Crippen molar-refractivity contribution in [2.45, 2.75) is 0 Å². The Morgan fingerprint density at radius 3 is 2.62 bits per heavy atom. The highest BCUT2D eigenvalue weighted by atomic mass is 35.5. The molecule has 7 nitrogen and oxygen atoms in total. The molecule has 0 aliphatic rings. The number of hydrogen-bond donors (Lipinski definition) is 1. The molecule has 4 rings (SSSR count). The zero-order valence-electron chi connectivity index (χ0n) is 15.0. The van der Waals surface area contributed by atoms with E-state index in [0.717, 1.165) is 10.9 Å². The number of halogens is 1. The molecule has 142 valence electrons. The van der Waals surface area contributed by atoms with Crippen molar-refractivity contribution >= 4 is 40.2 Å². The second-order valence-electron chi connectivity index (χ2n) is 6.11. The Kier molecular flexibility index (Phi) is 5.13. The largest absolute Gasteiger partial charge is 0.270 e. The number of non-ortho nitro benzene ring substituents is 1. The van der Waals surface area contributed by atoms with Crippen molar-refractivity contribution in [1.82, 2.24) is 9.97 Å². The van der Waals surface area contributed by atoms with Gasteiger partial charge in [-0.1, -0.05) is 48.0 Å². The predicted octanol–water partition coefficient (Wildman–Crippen LogP) is 5.30. The van der Waals surface area contributed by atoms with Gasteiger partial charge in [0.2, 0.25) is 0 Å². The van der Waals surface area contributed by atoms with E-state index in [2.05, 4.69) is 20.5 Å². The lowest BCUT2D eigenvalue weighted by Crippen LogP contribution is -1.99. The van der Waals surface area contributed by atoms with Crippen molar-refractivity contribution in [2.75, 3.05) is 5.43 Å². The second kappa shape index (κ2) is 8.04. The third kappa shape index (κ3) is 4.04. The van der Waals surface area contributed by atoms with Crippen molar-refractivity contribution in [3.05, 3.63) is 93.5 Å². The number of fused-ring (bicyclic) bond motifs is 1. The normalized spacial score (nSPS) is 11.1.